The van der Waals surface area contributed by atoms with E-state index in [-0.39, 0.29) is 11.8 Å². The summed E-state index contributed by atoms with van der Waals surface area (Å²) >= 11 is 3.10. The molecule has 110 valence electrons. The average molecular weight is 319 g/mol. The zero-order valence-electron chi connectivity index (χ0n) is 11.6. The Kier molecular flexibility index (Phi) is 4.87. The van der Waals surface area contributed by atoms with E-state index in [9.17, 15) is 4.79 Å². The minimum atomic E-state index is 0.100. The summed E-state index contributed by atoms with van der Waals surface area (Å²) in [6.07, 6.45) is 4.32. The molecule has 1 heterocycles. The molecule has 0 unspecified atom stereocenters. The number of hydrogen-bond donors (Lipinski definition) is 1. The molecule has 1 aliphatic rings. The summed E-state index contributed by atoms with van der Waals surface area (Å²) in [5.74, 6) is 1.13. The van der Waals surface area contributed by atoms with Crippen molar-refractivity contribution in [3.05, 3.63) is 35.9 Å². The molecule has 3 rings (SSSR count). The minimum absolute atomic E-state index is 0.100. The summed E-state index contributed by atoms with van der Waals surface area (Å²) in [7, 11) is 0. The SMILES string of the molecule is O=C(Nc1nnc(SCc2ccccc2)s1)C1CCCC1. The van der Waals surface area contributed by atoms with Gasteiger partial charge >= 0.3 is 0 Å². The zero-order chi connectivity index (χ0) is 14.5. The number of rotatable bonds is 5. The standard InChI is InChI=1S/C15H17N3OS2/c19-13(12-8-4-5-9-12)16-14-17-18-15(21-14)20-10-11-6-2-1-3-7-11/h1-3,6-7,12H,4-5,8-10H2,(H,16,17,19). The first-order chi connectivity index (χ1) is 10.3. The number of anilines is 1. The highest BCUT2D eigenvalue weighted by Gasteiger charge is 2.23. The van der Waals surface area contributed by atoms with E-state index < -0.39 is 0 Å². The lowest BCUT2D eigenvalue weighted by Gasteiger charge is -2.06. The lowest BCUT2D eigenvalue weighted by Crippen LogP contribution is -2.20. The molecular formula is C15H17N3OS2. The minimum Gasteiger partial charge on any atom is -0.300 e. The summed E-state index contributed by atoms with van der Waals surface area (Å²) < 4.78 is 0.889. The predicted octanol–water partition coefficient (Wildman–Crippen LogP) is 3.96. The molecule has 1 N–H and O–H groups in total. The monoisotopic (exact) mass is 319 g/mol. The van der Waals surface area contributed by atoms with Crippen LogP contribution in [0, 0.1) is 5.92 Å². The Bertz CT molecular complexity index is 594. The largest absolute Gasteiger partial charge is 0.300 e. The van der Waals surface area contributed by atoms with Crippen LogP contribution >= 0.6 is 23.1 Å². The number of nitrogens with one attached hydrogen (secondary N) is 1. The number of aromatic nitrogens is 2. The third-order valence-corrected chi connectivity index (χ3v) is 5.61. The van der Waals surface area contributed by atoms with Gasteiger partial charge in [-0.3, -0.25) is 4.79 Å². The van der Waals surface area contributed by atoms with Crippen LogP contribution in [0.1, 0.15) is 31.2 Å². The number of amides is 1. The number of thioether (sulfide) groups is 1. The lowest BCUT2D eigenvalue weighted by molar-refractivity contribution is -0.119. The molecule has 0 aliphatic heterocycles. The van der Waals surface area contributed by atoms with Crippen LogP contribution in [0.4, 0.5) is 5.13 Å². The zero-order valence-corrected chi connectivity index (χ0v) is 13.3. The summed E-state index contributed by atoms with van der Waals surface area (Å²) in [6, 6.07) is 10.3. The summed E-state index contributed by atoms with van der Waals surface area (Å²) in [6.45, 7) is 0. The molecule has 0 bridgehead atoms. The van der Waals surface area contributed by atoms with Gasteiger partial charge in [0, 0.05) is 11.7 Å². The number of benzene rings is 1. The van der Waals surface area contributed by atoms with Crippen molar-refractivity contribution in [3.8, 4) is 0 Å². The van der Waals surface area contributed by atoms with Crippen molar-refractivity contribution in [2.24, 2.45) is 5.92 Å². The third kappa shape index (κ3) is 4.04. The van der Waals surface area contributed by atoms with Gasteiger partial charge in [0.1, 0.15) is 0 Å². The molecule has 2 aromatic rings. The highest BCUT2D eigenvalue weighted by Crippen LogP contribution is 2.30. The maximum atomic E-state index is 12.0. The first kappa shape index (κ1) is 14.5. The van der Waals surface area contributed by atoms with Crippen LogP contribution in [-0.2, 0) is 10.5 Å². The van der Waals surface area contributed by atoms with Crippen molar-refractivity contribution in [2.45, 2.75) is 35.8 Å². The maximum absolute atomic E-state index is 12.0. The van der Waals surface area contributed by atoms with Crippen molar-refractivity contribution in [1.29, 1.82) is 0 Å². The van der Waals surface area contributed by atoms with Gasteiger partial charge in [-0.05, 0) is 18.4 Å². The smallest absolute Gasteiger partial charge is 0.229 e. The quantitative estimate of drug-likeness (QED) is 0.669. The predicted molar refractivity (Wildman–Crippen MR) is 86.5 cm³/mol. The molecule has 6 heteroatoms. The molecule has 0 spiro atoms. The number of nitrogens with zero attached hydrogens (tertiary/aromatic N) is 2. The molecule has 1 amide bonds. The maximum Gasteiger partial charge on any atom is 0.229 e. The number of carbonyl (C=O) groups excluding carboxylic acids is 1. The molecular weight excluding hydrogens is 302 g/mol. The van der Waals surface area contributed by atoms with Crippen LogP contribution in [0.25, 0.3) is 0 Å². The molecule has 4 nitrogen and oxygen atoms in total. The molecule has 0 saturated heterocycles. The van der Waals surface area contributed by atoms with Gasteiger partial charge < -0.3 is 5.32 Å². The molecule has 1 aromatic heterocycles. The summed E-state index contributed by atoms with van der Waals surface area (Å²) in [5.41, 5.74) is 1.26. The van der Waals surface area contributed by atoms with Crippen molar-refractivity contribution in [3.63, 3.8) is 0 Å². The summed E-state index contributed by atoms with van der Waals surface area (Å²) in [5, 5.41) is 11.7. The Morgan fingerprint density at radius 2 is 2.00 bits per heavy atom. The first-order valence-electron chi connectivity index (χ1n) is 7.12. The van der Waals surface area contributed by atoms with Crippen LogP contribution in [0.5, 0.6) is 0 Å². The van der Waals surface area contributed by atoms with Gasteiger partial charge in [0.05, 0.1) is 0 Å². The van der Waals surface area contributed by atoms with Gasteiger partial charge in [0.25, 0.3) is 0 Å². The van der Waals surface area contributed by atoms with E-state index in [1.807, 2.05) is 18.2 Å². The first-order valence-corrected chi connectivity index (χ1v) is 8.92. The van der Waals surface area contributed by atoms with E-state index in [1.165, 1.54) is 16.9 Å². The van der Waals surface area contributed by atoms with Gasteiger partial charge in [-0.25, -0.2) is 0 Å². The molecule has 21 heavy (non-hydrogen) atoms. The van der Waals surface area contributed by atoms with E-state index in [0.717, 1.165) is 35.8 Å². The average Bonchev–Trinajstić information content (AvgIpc) is 3.18. The van der Waals surface area contributed by atoms with E-state index in [4.69, 9.17) is 0 Å². The van der Waals surface area contributed by atoms with Crippen molar-refractivity contribution in [1.82, 2.24) is 10.2 Å². The number of carbonyl (C=O) groups is 1. The second-order valence-corrected chi connectivity index (χ2v) is 7.32. The number of hydrogen-bond acceptors (Lipinski definition) is 5. The van der Waals surface area contributed by atoms with Crippen LogP contribution in [-0.4, -0.2) is 16.1 Å². The van der Waals surface area contributed by atoms with Crippen LogP contribution < -0.4 is 5.32 Å². The molecule has 1 saturated carbocycles. The molecule has 0 atom stereocenters. The lowest BCUT2D eigenvalue weighted by atomic mass is 10.1. The van der Waals surface area contributed by atoms with Gasteiger partial charge in [-0.2, -0.15) is 0 Å². The normalized spacial score (nSPS) is 15.2. The van der Waals surface area contributed by atoms with Crippen molar-refractivity contribution < 1.29 is 4.79 Å². The van der Waals surface area contributed by atoms with Crippen LogP contribution in [0.15, 0.2) is 34.7 Å². The second-order valence-electron chi connectivity index (χ2n) is 5.12. The fourth-order valence-electron chi connectivity index (χ4n) is 2.43. The Morgan fingerprint density at radius 3 is 2.76 bits per heavy atom. The molecule has 0 radical (unpaired) electrons. The Hall–Kier alpha value is -1.40. The fourth-order valence-corrected chi connectivity index (χ4v) is 4.14. The Labute approximate surface area is 132 Å². The van der Waals surface area contributed by atoms with Crippen molar-refractivity contribution in [2.75, 3.05) is 5.32 Å². The topological polar surface area (TPSA) is 54.9 Å². The molecule has 1 aliphatic carbocycles. The van der Waals surface area contributed by atoms with Crippen LogP contribution in [0.2, 0.25) is 0 Å². The Morgan fingerprint density at radius 1 is 1.24 bits per heavy atom. The van der Waals surface area contributed by atoms with Crippen molar-refractivity contribution >= 4 is 34.1 Å². The second kappa shape index (κ2) is 7.04. The van der Waals surface area contributed by atoms with Gasteiger partial charge in [-0.1, -0.05) is 66.3 Å². The van der Waals surface area contributed by atoms with E-state index >= 15 is 0 Å². The van der Waals surface area contributed by atoms with Gasteiger partial charge in [0.2, 0.25) is 11.0 Å². The van der Waals surface area contributed by atoms with E-state index in [2.05, 4.69) is 27.6 Å². The third-order valence-electron chi connectivity index (χ3n) is 3.57. The van der Waals surface area contributed by atoms with Gasteiger partial charge in [0.15, 0.2) is 4.34 Å². The summed E-state index contributed by atoms with van der Waals surface area (Å²) in [4.78, 5) is 12.0. The van der Waals surface area contributed by atoms with Crippen LogP contribution in [0.3, 0.4) is 0 Å². The molecule has 1 aromatic carbocycles. The highest BCUT2D eigenvalue weighted by molar-refractivity contribution is 8.00. The van der Waals surface area contributed by atoms with Gasteiger partial charge in [-0.15, -0.1) is 10.2 Å². The Balaban J connectivity index is 1.52. The van der Waals surface area contributed by atoms with E-state index in [1.54, 1.807) is 11.8 Å². The fraction of sp³-hybridized carbons (Fsp3) is 0.400. The molecule has 1 fully saturated rings. The highest BCUT2D eigenvalue weighted by atomic mass is 32.2. The van der Waals surface area contributed by atoms with E-state index in [0.29, 0.717) is 5.13 Å².